The standard InChI is InChI=1S/C16H21NO4/c1-4-5-17-13(18)9-21-15(16(19)20)14(17)12-7-10(2)6-11(3)8-12/h6-8,14-15H,4-5,9H2,1-3H3,(H,19,20). The number of carboxylic acid groups (broad SMARTS) is 1. The van der Waals surface area contributed by atoms with E-state index in [4.69, 9.17) is 4.74 Å². The molecule has 1 aliphatic rings. The summed E-state index contributed by atoms with van der Waals surface area (Å²) in [4.78, 5) is 25.3. The monoisotopic (exact) mass is 291 g/mol. The van der Waals surface area contributed by atoms with E-state index in [0.717, 1.165) is 23.1 Å². The highest BCUT2D eigenvalue weighted by atomic mass is 16.5. The zero-order valence-electron chi connectivity index (χ0n) is 12.6. The number of aliphatic carboxylic acids is 1. The molecule has 1 aliphatic heterocycles. The zero-order chi connectivity index (χ0) is 15.6. The highest BCUT2D eigenvalue weighted by Gasteiger charge is 2.41. The average molecular weight is 291 g/mol. The smallest absolute Gasteiger partial charge is 0.335 e. The summed E-state index contributed by atoms with van der Waals surface area (Å²) in [5.74, 6) is -1.19. The molecule has 114 valence electrons. The second kappa shape index (κ2) is 6.26. The summed E-state index contributed by atoms with van der Waals surface area (Å²) >= 11 is 0. The number of morpholine rings is 1. The predicted octanol–water partition coefficient (Wildman–Crippen LogP) is 2.07. The van der Waals surface area contributed by atoms with Crippen LogP contribution in [-0.2, 0) is 14.3 Å². The molecular weight excluding hydrogens is 270 g/mol. The molecule has 0 radical (unpaired) electrons. The number of nitrogens with zero attached hydrogens (tertiary/aromatic N) is 1. The van der Waals surface area contributed by atoms with Crippen LogP contribution in [0.3, 0.4) is 0 Å². The van der Waals surface area contributed by atoms with Gasteiger partial charge in [-0.1, -0.05) is 36.2 Å². The first-order valence-corrected chi connectivity index (χ1v) is 7.16. The molecule has 2 unspecified atom stereocenters. The minimum absolute atomic E-state index is 0.154. The van der Waals surface area contributed by atoms with Crippen molar-refractivity contribution in [1.29, 1.82) is 0 Å². The maximum Gasteiger partial charge on any atom is 0.335 e. The van der Waals surface area contributed by atoms with Crippen LogP contribution in [0.15, 0.2) is 18.2 Å². The molecule has 5 nitrogen and oxygen atoms in total. The predicted molar refractivity (Wildman–Crippen MR) is 78.0 cm³/mol. The van der Waals surface area contributed by atoms with E-state index in [9.17, 15) is 14.7 Å². The Morgan fingerprint density at radius 2 is 1.95 bits per heavy atom. The molecule has 1 N–H and O–H groups in total. The fourth-order valence-electron chi connectivity index (χ4n) is 2.90. The van der Waals surface area contributed by atoms with E-state index < -0.39 is 18.1 Å². The molecule has 1 heterocycles. The van der Waals surface area contributed by atoms with Crippen LogP contribution in [0.4, 0.5) is 0 Å². The minimum atomic E-state index is -1.03. The number of hydrogen-bond acceptors (Lipinski definition) is 3. The summed E-state index contributed by atoms with van der Waals surface area (Å²) in [6, 6.07) is 5.31. The van der Waals surface area contributed by atoms with Crippen LogP contribution < -0.4 is 0 Å². The summed E-state index contributed by atoms with van der Waals surface area (Å²) < 4.78 is 5.28. The van der Waals surface area contributed by atoms with Gasteiger partial charge in [0.15, 0.2) is 6.10 Å². The average Bonchev–Trinajstić information content (AvgIpc) is 2.39. The van der Waals surface area contributed by atoms with Crippen LogP contribution >= 0.6 is 0 Å². The van der Waals surface area contributed by atoms with E-state index in [-0.39, 0.29) is 12.5 Å². The van der Waals surface area contributed by atoms with Crippen LogP contribution in [0.1, 0.15) is 36.1 Å². The fraction of sp³-hybridized carbons (Fsp3) is 0.500. The van der Waals surface area contributed by atoms with Gasteiger partial charge in [-0.3, -0.25) is 4.79 Å². The molecule has 0 saturated carbocycles. The van der Waals surface area contributed by atoms with Gasteiger partial charge in [0.05, 0.1) is 6.04 Å². The zero-order valence-corrected chi connectivity index (χ0v) is 12.6. The van der Waals surface area contributed by atoms with Crippen LogP contribution in [0.5, 0.6) is 0 Å². The molecule has 1 fully saturated rings. The first kappa shape index (κ1) is 15.5. The first-order valence-electron chi connectivity index (χ1n) is 7.16. The van der Waals surface area contributed by atoms with E-state index >= 15 is 0 Å². The van der Waals surface area contributed by atoms with E-state index in [0.29, 0.717) is 6.54 Å². The number of carbonyl (C=O) groups is 2. The molecule has 21 heavy (non-hydrogen) atoms. The summed E-state index contributed by atoms with van der Waals surface area (Å²) in [5.41, 5.74) is 2.91. The maximum absolute atomic E-state index is 12.1. The molecule has 0 bridgehead atoms. The van der Waals surface area contributed by atoms with Crippen molar-refractivity contribution in [2.45, 2.75) is 39.3 Å². The number of benzene rings is 1. The third-order valence-electron chi connectivity index (χ3n) is 3.62. The molecule has 0 spiro atoms. The number of amides is 1. The van der Waals surface area contributed by atoms with Crippen LogP contribution in [0.2, 0.25) is 0 Å². The Hall–Kier alpha value is -1.88. The van der Waals surface area contributed by atoms with E-state index in [1.807, 2.05) is 39.0 Å². The van der Waals surface area contributed by atoms with Gasteiger partial charge in [0, 0.05) is 6.54 Å². The molecule has 1 aromatic rings. The lowest BCUT2D eigenvalue weighted by molar-refractivity contribution is -0.173. The molecule has 2 atom stereocenters. The summed E-state index contributed by atoms with van der Waals surface area (Å²) in [5, 5.41) is 9.42. The van der Waals surface area contributed by atoms with Gasteiger partial charge >= 0.3 is 5.97 Å². The Balaban J connectivity index is 2.48. The van der Waals surface area contributed by atoms with Crippen molar-refractivity contribution in [2.24, 2.45) is 0 Å². The second-order valence-electron chi connectivity index (χ2n) is 5.52. The van der Waals surface area contributed by atoms with Gasteiger partial charge in [0.25, 0.3) is 0 Å². The molecule has 1 saturated heterocycles. The number of hydrogen-bond donors (Lipinski definition) is 1. The molecule has 2 rings (SSSR count). The Morgan fingerprint density at radius 1 is 1.33 bits per heavy atom. The molecule has 1 amide bonds. The Bertz CT molecular complexity index is 535. The summed E-state index contributed by atoms with van der Waals surface area (Å²) in [7, 11) is 0. The number of ether oxygens (including phenoxy) is 1. The Morgan fingerprint density at radius 3 is 2.48 bits per heavy atom. The lowest BCUT2D eigenvalue weighted by Crippen LogP contribution is -2.52. The van der Waals surface area contributed by atoms with Crippen LogP contribution in [-0.4, -0.2) is 41.1 Å². The largest absolute Gasteiger partial charge is 0.479 e. The SMILES string of the molecule is CCCN1C(=O)COC(C(=O)O)C1c1cc(C)cc(C)c1. The van der Waals surface area contributed by atoms with Crippen molar-refractivity contribution in [2.75, 3.05) is 13.2 Å². The van der Waals surface area contributed by atoms with Gasteiger partial charge in [-0.25, -0.2) is 4.79 Å². The van der Waals surface area contributed by atoms with Crippen LogP contribution in [0.25, 0.3) is 0 Å². The maximum atomic E-state index is 12.1. The van der Waals surface area contributed by atoms with Crippen LogP contribution in [0, 0.1) is 13.8 Å². The van der Waals surface area contributed by atoms with Crippen molar-refractivity contribution in [3.05, 3.63) is 34.9 Å². The molecule has 5 heteroatoms. The van der Waals surface area contributed by atoms with Gasteiger partial charge in [-0.05, 0) is 25.8 Å². The molecule has 1 aromatic carbocycles. The fourth-order valence-corrected chi connectivity index (χ4v) is 2.90. The summed E-state index contributed by atoms with van der Waals surface area (Å²) in [6.45, 7) is 6.25. The molecule has 0 aliphatic carbocycles. The highest BCUT2D eigenvalue weighted by Crippen LogP contribution is 2.31. The van der Waals surface area contributed by atoms with Gasteiger partial charge in [0.2, 0.25) is 5.91 Å². The lowest BCUT2D eigenvalue weighted by Gasteiger charge is -2.39. The van der Waals surface area contributed by atoms with Gasteiger partial charge in [0.1, 0.15) is 6.61 Å². The third kappa shape index (κ3) is 3.24. The highest BCUT2D eigenvalue weighted by molar-refractivity contribution is 5.83. The normalized spacial score (nSPS) is 22.4. The van der Waals surface area contributed by atoms with Gasteiger partial charge in [-0.2, -0.15) is 0 Å². The van der Waals surface area contributed by atoms with Crippen molar-refractivity contribution in [1.82, 2.24) is 4.90 Å². The van der Waals surface area contributed by atoms with E-state index in [1.54, 1.807) is 4.90 Å². The first-order chi connectivity index (χ1) is 9.93. The van der Waals surface area contributed by atoms with Crippen molar-refractivity contribution in [3.63, 3.8) is 0 Å². The Kier molecular flexibility index (Phi) is 4.63. The molecule has 0 aromatic heterocycles. The van der Waals surface area contributed by atoms with Crippen molar-refractivity contribution < 1.29 is 19.4 Å². The summed E-state index contributed by atoms with van der Waals surface area (Å²) in [6.07, 6.45) is -0.241. The second-order valence-corrected chi connectivity index (χ2v) is 5.52. The number of aryl methyl sites for hydroxylation is 2. The minimum Gasteiger partial charge on any atom is -0.479 e. The van der Waals surface area contributed by atoms with Gasteiger partial charge < -0.3 is 14.7 Å². The van der Waals surface area contributed by atoms with Crippen molar-refractivity contribution >= 4 is 11.9 Å². The number of carbonyl (C=O) groups excluding carboxylic acids is 1. The third-order valence-corrected chi connectivity index (χ3v) is 3.62. The molecular formula is C16H21NO4. The lowest BCUT2D eigenvalue weighted by atomic mass is 9.94. The van der Waals surface area contributed by atoms with E-state index in [1.165, 1.54) is 0 Å². The quantitative estimate of drug-likeness (QED) is 0.922. The topological polar surface area (TPSA) is 66.8 Å². The number of rotatable bonds is 4. The van der Waals surface area contributed by atoms with Gasteiger partial charge in [-0.15, -0.1) is 0 Å². The number of carboxylic acids is 1. The Labute approximate surface area is 124 Å². The van der Waals surface area contributed by atoms with Crippen molar-refractivity contribution in [3.8, 4) is 0 Å². The van der Waals surface area contributed by atoms with E-state index in [2.05, 4.69) is 0 Å².